The number of hydrogen-bond acceptors (Lipinski definition) is 3. The van der Waals surface area contributed by atoms with Crippen LogP contribution in [0.4, 0.5) is 10.1 Å². The van der Waals surface area contributed by atoms with Crippen LogP contribution in [0.2, 0.25) is 5.02 Å². The summed E-state index contributed by atoms with van der Waals surface area (Å²) in [5.74, 6) is -2.07. The van der Waals surface area contributed by atoms with Crippen LogP contribution in [0, 0.1) is 17.7 Å². The van der Waals surface area contributed by atoms with Gasteiger partial charge in [-0.3, -0.25) is 9.59 Å². The summed E-state index contributed by atoms with van der Waals surface area (Å²) in [6.07, 6.45) is 8.21. The molecule has 2 amide bonds. The fourth-order valence-corrected chi connectivity index (χ4v) is 6.17. The van der Waals surface area contributed by atoms with Crippen LogP contribution in [0.5, 0.6) is 5.75 Å². The van der Waals surface area contributed by atoms with E-state index in [0.29, 0.717) is 12.2 Å². The average Bonchev–Trinajstić information content (AvgIpc) is 2.93. The molecule has 1 saturated heterocycles. The Kier molecular flexibility index (Phi) is 6.77. The van der Waals surface area contributed by atoms with E-state index in [-0.39, 0.29) is 36.3 Å². The Morgan fingerprint density at radius 3 is 2.71 bits per heavy atom. The van der Waals surface area contributed by atoms with Crippen molar-refractivity contribution in [1.82, 2.24) is 0 Å². The first kappa shape index (κ1) is 21.3. The van der Waals surface area contributed by atoms with Crippen LogP contribution in [-0.4, -0.2) is 30.0 Å². The van der Waals surface area contributed by atoms with Gasteiger partial charge in [-0.25, -0.2) is 9.29 Å². The quantitative estimate of drug-likeness (QED) is 0.326. The number of amides is 2. The Labute approximate surface area is 171 Å². The van der Waals surface area contributed by atoms with Crippen LogP contribution < -0.4 is 9.64 Å². The standard InChI is InChI=1S/C21H26ClFNO3P/c1-4-10-28(5-2)13(3)27-19-12-18(17(23)11-16(19)22)24-20(25)14-8-6-7-9-15(14)21(24)26/h6,8,11-15H,4-5,7,9-10H2,1-3H3. The molecule has 2 aliphatic rings. The zero-order valence-corrected chi connectivity index (χ0v) is 18.1. The first-order valence-corrected chi connectivity index (χ1v) is 12.0. The summed E-state index contributed by atoms with van der Waals surface area (Å²) in [6.45, 7) is 6.27. The summed E-state index contributed by atoms with van der Waals surface area (Å²) in [7, 11) is -0.344. The number of carbonyl (C=O) groups is 2. The molecular weight excluding hydrogens is 400 g/mol. The number of imide groups is 1. The molecule has 1 aromatic carbocycles. The fourth-order valence-electron chi connectivity index (χ4n) is 3.95. The van der Waals surface area contributed by atoms with E-state index in [1.807, 2.05) is 13.0 Å². The van der Waals surface area contributed by atoms with Crippen LogP contribution in [0.15, 0.2) is 24.3 Å². The maximum Gasteiger partial charge on any atom is 0.241 e. The molecule has 0 aromatic heterocycles. The minimum absolute atomic E-state index is 0.0498. The highest BCUT2D eigenvalue weighted by molar-refractivity contribution is 7.58. The number of halogens is 2. The van der Waals surface area contributed by atoms with Crippen molar-refractivity contribution in [1.29, 1.82) is 0 Å². The van der Waals surface area contributed by atoms with E-state index in [1.165, 1.54) is 6.07 Å². The van der Waals surface area contributed by atoms with Gasteiger partial charge in [-0.1, -0.05) is 51.9 Å². The predicted octanol–water partition coefficient (Wildman–Crippen LogP) is 5.57. The van der Waals surface area contributed by atoms with E-state index in [0.717, 1.165) is 36.1 Å². The number of anilines is 1. The molecule has 7 heteroatoms. The largest absolute Gasteiger partial charge is 0.485 e. The molecule has 0 saturated carbocycles. The van der Waals surface area contributed by atoms with Crippen LogP contribution >= 0.6 is 19.5 Å². The van der Waals surface area contributed by atoms with E-state index in [1.54, 1.807) is 6.08 Å². The number of hydrogen-bond donors (Lipinski definition) is 0. The molecule has 0 N–H and O–H groups in total. The first-order valence-electron chi connectivity index (χ1n) is 9.83. The molecule has 1 aromatic rings. The lowest BCUT2D eigenvalue weighted by Gasteiger charge is -2.25. The van der Waals surface area contributed by atoms with Crippen molar-refractivity contribution in [3.05, 3.63) is 35.1 Å². The predicted molar refractivity (Wildman–Crippen MR) is 112 cm³/mol. The SMILES string of the molecule is CCCP(CC)C(C)Oc1cc(N2C(=O)C3C=CCCC3C2=O)c(F)cc1Cl. The summed E-state index contributed by atoms with van der Waals surface area (Å²) in [4.78, 5) is 26.5. The number of ether oxygens (including phenoxy) is 1. The number of rotatable bonds is 7. The lowest BCUT2D eigenvalue weighted by molar-refractivity contribution is -0.122. The molecule has 4 nitrogen and oxygen atoms in total. The second-order valence-electron chi connectivity index (χ2n) is 7.23. The molecule has 0 spiro atoms. The number of benzene rings is 1. The zero-order valence-electron chi connectivity index (χ0n) is 16.5. The van der Waals surface area contributed by atoms with Gasteiger partial charge in [0.25, 0.3) is 0 Å². The van der Waals surface area contributed by atoms with Gasteiger partial charge in [-0.15, -0.1) is 0 Å². The Bertz CT molecular complexity index is 800. The van der Waals surface area contributed by atoms with Gasteiger partial charge in [0.05, 0.1) is 22.5 Å². The molecular formula is C21H26ClFNO3P. The third-order valence-electron chi connectivity index (χ3n) is 5.44. The van der Waals surface area contributed by atoms with Crippen molar-refractivity contribution in [2.24, 2.45) is 11.8 Å². The molecule has 1 heterocycles. The Morgan fingerprint density at radius 2 is 2.07 bits per heavy atom. The first-order chi connectivity index (χ1) is 13.4. The molecule has 4 unspecified atom stereocenters. The Balaban J connectivity index is 1.91. The maximum absolute atomic E-state index is 14.7. The normalized spacial score (nSPS) is 23.7. The molecule has 4 atom stereocenters. The summed E-state index contributed by atoms with van der Waals surface area (Å²) in [5, 5.41) is 0.145. The minimum atomic E-state index is -0.694. The number of nitrogens with zero attached hydrogens (tertiary/aromatic N) is 1. The van der Waals surface area contributed by atoms with Gasteiger partial charge < -0.3 is 4.74 Å². The van der Waals surface area contributed by atoms with Crippen molar-refractivity contribution >= 4 is 37.0 Å². The highest BCUT2D eigenvalue weighted by atomic mass is 35.5. The van der Waals surface area contributed by atoms with Gasteiger partial charge in [-0.2, -0.15) is 0 Å². The maximum atomic E-state index is 14.7. The van der Waals surface area contributed by atoms with Crippen molar-refractivity contribution in [3.63, 3.8) is 0 Å². The van der Waals surface area contributed by atoms with Gasteiger partial charge in [0.15, 0.2) is 0 Å². The summed E-state index contributed by atoms with van der Waals surface area (Å²) >= 11 is 6.21. The molecule has 1 aliphatic carbocycles. The van der Waals surface area contributed by atoms with Gasteiger partial charge in [0, 0.05) is 6.07 Å². The summed E-state index contributed by atoms with van der Waals surface area (Å²) < 4.78 is 20.8. The van der Waals surface area contributed by atoms with Crippen molar-refractivity contribution < 1.29 is 18.7 Å². The fraction of sp³-hybridized carbons (Fsp3) is 0.524. The smallest absolute Gasteiger partial charge is 0.241 e. The third-order valence-corrected chi connectivity index (χ3v) is 8.70. The molecule has 0 radical (unpaired) electrons. The van der Waals surface area contributed by atoms with Gasteiger partial charge in [0.2, 0.25) is 11.8 Å². The second-order valence-corrected chi connectivity index (χ2v) is 10.6. The zero-order chi connectivity index (χ0) is 20.4. The minimum Gasteiger partial charge on any atom is -0.485 e. The Morgan fingerprint density at radius 1 is 1.32 bits per heavy atom. The van der Waals surface area contributed by atoms with Crippen molar-refractivity contribution in [3.8, 4) is 5.75 Å². The van der Waals surface area contributed by atoms with E-state index in [9.17, 15) is 14.0 Å². The average molecular weight is 426 g/mol. The number of allylic oxidation sites excluding steroid dienone is 1. The van der Waals surface area contributed by atoms with Crippen LogP contribution in [-0.2, 0) is 9.59 Å². The van der Waals surface area contributed by atoms with E-state index in [2.05, 4.69) is 13.8 Å². The molecule has 1 fully saturated rings. The van der Waals surface area contributed by atoms with Crippen LogP contribution in [0.25, 0.3) is 0 Å². The van der Waals surface area contributed by atoms with E-state index < -0.39 is 17.7 Å². The van der Waals surface area contributed by atoms with Crippen molar-refractivity contribution in [2.45, 2.75) is 45.9 Å². The monoisotopic (exact) mass is 425 g/mol. The number of fused-ring (bicyclic) bond motifs is 1. The number of carbonyl (C=O) groups excluding carboxylic acids is 2. The third kappa shape index (κ3) is 3.97. The van der Waals surface area contributed by atoms with E-state index >= 15 is 0 Å². The van der Waals surface area contributed by atoms with Crippen LogP contribution in [0.1, 0.15) is 40.0 Å². The van der Waals surface area contributed by atoms with Gasteiger partial charge in [-0.05, 0) is 38.2 Å². The highest BCUT2D eigenvalue weighted by Gasteiger charge is 2.48. The van der Waals surface area contributed by atoms with Crippen molar-refractivity contribution in [2.75, 3.05) is 17.2 Å². The molecule has 28 heavy (non-hydrogen) atoms. The second kappa shape index (κ2) is 8.92. The highest BCUT2D eigenvalue weighted by Crippen LogP contribution is 2.45. The lowest BCUT2D eigenvalue weighted by atomic mass is 9.86. The van der Waals surface area contributed by atoms with Crippen LogP contribution in [0.3, 0.4) is 0 Å². The topological polar surface area (TPSA) is 46.6 Å². The van der Waals surface area contributed by atoms with Gasteiger partial charge >= 0.3 is 0 Å². The summed E-state index contributed by atoms with van der Waals surface area (Å²) in [6, 6.07) is 2.53. The Hall–Kier alpha value is -1.45. The summed E-state index contributed by atoms with van der Waals surface area (Å²) in [5.41, 5.74) is -0.0688. The molecule has 0 bridgehead atoms. The van der Waals surface area contributed by atoms with Gasteiger partial charge in [0.1, 0.15) is 17.4 Å². The molecule has 3 rings (SSSR count). The van der Waals surface area contributed by atoms with E-state index in [4.69, 9.17) is 16.3 Å². The molecule has 152 valence electrons. The lowest BCUT2D eigenvalue weighted by Crippen LogP contribution is -2.31. The molecule has 1 aliphatic heterocycles.